The standard InChI is InChI=1S/C16H20N4O3/c1-12-17-6-8-19(12)11-15(21)18-13-4-2-7-20(10-13)16(22)14-5-3-9-23-14/h3,5-6,8-9,13H,2,4,7,10-11H2,1H3,(H,18,21). The predicted molar refractivity (Wildman–Crippen MR) is 82.7 cm³/mol. The summed E-state index contributed by atoms with van der Waals surface area (Å²) >= 11 is 0. The molecule has 0 radical (unpaired) electrons. The molecule has 2 aromatic heterocycles. The van der Waals surface area contributed by atoms with Crippen molar-refractivity contribution >= 4 is 11.8 Å². The van der Waals surface area contributed by atoms with E-state index in [0.29, 0.717) is 18.8 Å². The number of imidazole rings is 1. The van der Waals surface area contributed by atoms with E-state index in [1.807, 2.05) is 6.92 Å². The number of furan rings is 1. The van der Waals surface area contributed by atoms with Crippen LogP contribution < -0.4 is 5.32 Å². The Bertz CT molecular complexity index is 677. The lowest BCUT2D eigenvalue weighted by Gasteiger charge is -2.32. The van der Waals surface area contributed by atoms with Crippen molar-refractivity contribution in [3.63, 3.8) is 0 Å². The summed E-state index contributed by atoms with van der Waals surface area (Å²) in [6.45, 7) is 3.30. The average molecular weight is 316 g/mol. The maximum absolute atomic E-state index is 12.3. The lowest BCUT2D eigenvalue weighted by molar-refractivity contribution is -0.122. The third-order valence-corrected chi connectivity index (χ3v) is 4.04. The number of piperidine rings is 1. The van der Waals surface area contributed by atoms with Crippen molar-refractivity contribution in [2.75, 3.05) is 13.1 Å². The van der Waals surface area contributed by atoms with Crippen molar-refractivity contribution in [3.8, 4) is 0 Å². The van der Waals surface area contributed by atoms with Gasteiger partial charge in [-0.05, 0) is 31.9 Å². The number of rotatable bonds is 4. The third kappa shape index (κ3) is 3.61. The summed E-state index contributed by atoms with van der Waals surface area (Å²) < 4.78 is 6.95. The van der Waals surface area contributed by atoms with Crippen LogP contribution in [0.1, 0.15) is 29.2 Å². The molecule has 1 saturated heterocycles. The molecule has 3 heterocycles. The molecule has 3 rings (SSSR count). The van der Waals surface area contributed by atoms with Gasteiger partial charge in [-0.25, -0.2) is 4.98 Å². The molecule has 1 atom stereocenters. The van der Waals surface area contributed by atoms with E-state index in [9.17, 15) is 9.59 Å². The van der Waals surface area contributed by atoms with Gasteiger partial charge in [0.15, 0.2) is 5.76 Å². The highest BCUT2D eigenvalue weighted by molar-refractivity contribution is 5.91. The van der Waals surface area contributed by atoms with Gasteiger partial charge in [-0.2, -0.15) is 0 Å². The minimum absolute atomic E-state index is 0.0287. The first kappa shape index (κ1) is 15.3. The normalized spacial score (nSPS) is 18.0. The molecule has 7 nitrogen and oxygen atoms in total. The van der Waals surface area contributed by atoms with Crippen molar-refractivity contribution in [1.29, 1.82) is 0 Å². The lowest BCUT2D eigenvalue weighted by atomic mass is 10.1. The second-order valence-corrected chi connectivity index (χ2v) is 5.74. The number of carbonyl (C=O) groups is 2. The van der Waals surface area contributed by atoms with Gasteiger partial charge >= 0.3 is 0 Å². The summed E-state index contributed by atoms with van der Waals surface area (Å²) in [6.07, 6.45) is 6.68. The van der Waals surface area contributed by atoms with Gasteiger partial charge in [-0.15, -0.1) is 0 Å². The van der Waals surface area contributed by atoms with Crippen LogP contribution in [0.3, 0.4) is 0 Å². The number of nitrogens with zero attached hydrogens (tertiary/aromatic N) is 3. The maximum atomic E-state index is 12.3. The van der Waals surface area contributed by atoms with Gasteiger partial charge < -0.3 is 19.2 Å². The molecule has 0 aliphatic carbocycles. The summed E-state index contributed by atoms with van der Waals surface area (Å²) in [5, 5.41) is 3.00. The highest BCUT2D eigenvalue weighted by Crippen LogP contribution is 2.14. The average Bonchev–Trinajstić information content (AvgIpc) is 3.19. The highest BCUT2D eigenvalue weighted by Gasteiger charge is 2.26. The van der Waals surface area contributed by atoms with E-state index >= 15 is 0 Å². The first-order valence-electron chi connectivity index (χ1n) is 7.73. The Labute approximate surface area is 134 Å². The molecule has 23 heavy (non-hydrogen) atoms. The molecule has 1 aliphatic heterocycles. The summed E-state index contributed by atoms with van der Waals surface area (Å²) in [5.41, 5.74) is 0. The summed E-state index contributed by atoms with van der Waals surface area (Å²) in [4.78, 5) is 30.3. The molecule has 7 heteroatoms. The maximum Gasteiger partial charge on any atom is 0.289 e. The molecule has 1 unspecified atom stereocenters. The fourth-order valence-corrected chi connectivity index (χ4v) is 2.83. The number of hydrogen-bond acceptors (Lipinski definition) is 4. The molecule has 2 aromatic rings. The molecule has 1 aliphatic rings. The molecule has 0 aromatic carbocycles. The number of likely N-dealkylation sites (tertiary alicyclic amines) is 1. The van der Waals surface area contributed by atoms with E-state index in [2.05, 4.69) is 10.3 Å². The van der Waals surface area contributed by atoms with Crippen LogP contribution in [-0.4, -0.2) is 45.4 Å². The number of nitrogens with one attached hydrogen (secondary N) is 1. The Balaban J connectivity index is 1.55. The van der Waals surface area contributed by atoms with Gasteiger partial charge in [0, 0.05) is 31.5 Å². The molecule has 1 N–H and O–H groups in total. The van der Waals surface area contributed by atoms with Gasteiger partial charge in [-0.3, -0.25) is 9.59 Å². The van der Waals surface area contributed by atoms with Crippen LogP contribution in [0, 0.1) is 6.92 Å². The van der Waals surface area contributed by atoms with E-state index in [1.54, 1.807) is 34.0 Å². The largest absolute Gasteiger partial charge is 0.459 e. The fourth-order valence-electron chi connectivity index (χ4n) is 2.83. The monoisotopic (exact) mass is 316 g/mol. The molecule has 0 bridgehead atoms. The van der Waals surface area contributed by atoms with Crippen molar-refractivity contribution in [2.24, 2.45) is 0 Å². The fraction of sp³-hybridized carbons (Fsp3) is 0.438. The molecule has 0 saturated carbocycles. The quantitative estimate of drug-likeness (QED) is 0.919. The van der Waals surface area contributed by atoms with Crippen LogP contribution in [0.2, 0.25) is 0 Å². The number of hydrogen-bond donors (Lipinski definition) is 1. The van der Waals surface area contributed by atoms with E-state index in [-0.39, 0.29) is 24.4 Å². The molecular formula is C16H20N4O3. The Kier molecular flexibility index (Phi) is 4.45. The zero-order valence-electron chi connectivity index (χ0n) is 13.1. The third-order valence-electron chi connectivity index (χ3n) is 4.04. The molecule has 2 amide bonds. The van der Waals surface area contributed by atoms with E-state index in [1.165, 1.54) is 6.26 Å². The topological polar surface area (TPSA) is 80.4 Å². The highest BCUT2D eigenvalue weighted by atomic mass is 16.3. The lowest BCUT2D eigenvalue weighted by Crippen LogP contribution is -2.50. The molecule has 1 fully saturated rings. The smallest absolute Gasteiger partial charge is 0.289 e. The summed E-state index contributed by atoms with van der Waals surface area (Å²) in [7, 11) is 0. The Hall–Kier alpha value is -2.57. The van der Waals surface area contributed by atoms with Gasteiger partial charge in [0.25, 0.3) is 5.91 Å². The Morgan fingerprint density at radius 2 is 2.35 bits per heavy atom. The van der Waals surface area contributed by atoms with Crippen LogP contribution in [0.4, 0.5) is 0 Å². The van der Waals surface area contributed by atoms with E-state index in [4.69, 9.17) is 4.42 Å². The minimum atomic E-state index is -0.126. The van der Waals surface area contributed by atoms with Crippen molar-refractivity contribution in [2.45, 2.75) is 32.4 Å². The second kappa shape index (κ2) is 6.68. The van der Waals surface area contributed by atoms with E-state index < -0.39 is 0 Å². The molecule has 0 spiro atoms. The first-order chi connectivity index (χ1) is 11.1. The van der Waals surface area contributed by atoms with Crippen LogP contribution >= 0.6 is 0 Å². The predicted octanol–water partition coefficient (Wildman–Crippen LogP) is 1.21. The molecular weight excluding hydrogens is 296 g/mol. The van der Waals surface area contributed by atoms with Gasteiger partial charge in [0.05, 0.1) is 6.26 Å². The first-order valence-corrected chi connectivity index (χ1v) is 7.73. The van der Waals surface area contributed by atoms with Crippen molar-refractivity contribution < 1.29 is 14.0 Å². The van der Waals surface area contributed by atoms with E-state index in [0.717, 1.165) is 18.7 Å². The molecule has 122 valence electrons. The van der Waals surface area contributed by atoms with Crippen LogP contribution in [0.25, 0.3) is 0 Å². The SMILES string of the molecule is Cc1nccn1CC(=O)NC1CCCN(C(=O)c2ccco2)C1. The van der Waals surface area contributed by atoms with Crippen molar-refractivity contribution in [1.82, 2.24) is 19.8 Å². The number of carbonyl (C=O) groups excluding carboxylic acids is 2. The zero-order valence-corrected chi connectivity index (χ0v) is 13.1. The van der Waals surface area contributed by atoms with Crippen LogP contribution in [0.15, 0.2) is 35.2 Å². The van der Waals surface area contributed by atoms with Crippen LogP contribution in [0.5, 0.6) is 0 Å². The zero-order chi connectivity index (χ0) is 16.2. The summed E-state index contributed by atoms with van der Waals surface area (Å²) in [6, 6.07) is 3.33. The number of aromatic nitrogens is 2. The van der Waals surface area contributed by atoms with Gasteiger partial charge in [-0.1, -0.05) is 0 Å². The van der Waals surface area contributed by atoms with Gasteiger partial charge in [0.2, 0.25) is 5.91 Å². The number of aryl methyl sites for hydroxylation is 1. The summed E-state index contributed by atoms with van der Waals surface area (Å²) in [5.74, 6) is 0.951. The van der Waals surface area contributed by atoms with Crippen LogP contribution in [-0.2, 0) is 11.3 Å². The Morgan fingerprint density at radius 1 is 1.48 bits per heavy atom. The van der Waals surface area contributed by atoms with Gasteiger partial charge in [0.1, 0.15) is 12.4 Å². The minimum Gasteiger partial charge on any atom is -0.459 e. The second-order valence-electron chi connectivity index (χ2n) is 5.74. The Morgan fingerprint density at radius 3 is 3.04 bits per heavy atom. The van der Waals surface area contributed by atoms with Crippen molar-refractivity contribution in [3.05, 3.63) is 42.4 Å². The number of amides is 2.